The number of aromatic nitrogens is 2. The molecule has 2 aliphatic rings. The van der Waals surface area contributed by atoms with Gasteiger partial charge in [-0.3, -0.25) is 0 Å². The average molecular weight is 260 g/mol. The van der Waals surface area contributed by atoms with E-state index in [9.17, 15) is 0 Å². The molecule has 2 aliphatic heterocycles. The lowest BCUT2D eigenvalue weighted by atomic mass is 10.0. The molecule has 19 heavy (non-hydrogen) atoms. The first-order chi connectivity index (χ1) is 9.33. The first-order valence-corrected chi connectivity index (χ1v) is 7.65. The lowest BCUT2D eigenvalue weighted by molar-refractivity contribution is 0.521. The first-order valence-electron chi connectivity index (χ1n) is 7.65. The van der Waals surface area contributed by atoms with Crippen molar-refractivity contribution in [2.45, 2.75) is 39.0 Å². The third kappa shape index (κ3) is 2.99. The molecule has 4 heteroatoms. The van der Waals surface area contributed by atoms with E-state index >= 15 is 0 Å². The Bertz CT molecular complexity index is 414. The maximum Gasteiger partial charge on any atom is 0.134 e. The smallest absolute Gasteiger partial charge is 0.134 e. The molecule has 0 N–H and O–H groups in total. The normalized spacial score (nSPS) is 24.6. The van der Waals surface area contributed by atoms with Crippen molar-refractivity contribution in [2.24, 2.45) is 5.92 Å². The molecule has 0 amide bonds. The molecule has 1 aromatic rings. The maximum atomic E-state index is 4.49. The minimum absolute atomic E-state index is 0.852. The lowest BCUT2D eigenvalue weighted by Crippen LogP contribution is -2.26. The molecule has 0 saturated carbocycles. The summed E-state index contributed by atoms with van der Waals surface area (Å²) in [5.74, 6) is 3.08. The summed E-state index contributed by atoms with van der Waals surface area (Å²) >= 11 is 0. The Hall–Kier alpha value is -1.32. The molecule has 0 aliphatic carbocycles. The zero-order chi connectivity index (χ0) is 13.1. The molecule has 4 nitrogen and oxygen atoms in total. The number of anilines is 2. The monoisotopic (exact) mass is 260 g/mol. The fourth-order valence-electron chi connectivity index (χ4n) is 3.12. The SMILES string of the molecule is CC1CCCN(c2cc(N3CCCC3)ncn2)CC1. The minimum Gasteiger partial charge on any atom is -0.356 e. The summed E-state index contributed by atoms with van der Waals surface area (Å²) in [6, 6.07) is 2.18. The molecule has 3 heterocycles. The van der Waals surface area contributed by atoms with Gasteiger partial charge in [-0.2, -0.15) is 0 Å². The van der Waals surface area contributed by atoms with Crippen molar-refractivity contribution in [3.63, 3.8) is 0 Å². The topological polar surface area (TPSA) is 32.3 Å². The molecule has 0 aromatic carbocycles. The van der Waals surface area contributed by atoms with E-state index in [0.29, 0.717) is 0 Å². The van der Waals surface area contributed by atoms with Crippen LogP contribution in [0.1, 0.15) is 39.0 Å². The van der Waals surface area contributed by atoms with E-state index in [4.69, 9.17) is 0 Å². The van der Waals surface area contributed by atoms with Gasteiger partial charge in [0.05, 0.1) is 0 Å². The Balaban J connectivity index is 1.74. The molecule has 1 aromatic heterocycles. The summed E-state index contributed by atoms with van der Waals surface area (Å²) in [6.45, 7) is 6.93. The average Bonchev–Trinajstić information content (AvgIpc) is 2.89. The van der Waals surface area contributed by atoms with E-state index in [1.807, 2.05) is 0 Å². The van der Waals surface area contributed by atoms with E-state index in [2.05, 4.69) is 32.8 Å². The van der Waals surface area contributed by atoms with Gasteiger partial charge < -0.3 is 9.80 Å². The van der Waals surface area contributed by atoms with Crippen LogP contribution in [0.4, 0.5) is 11.6 Å². The summed E-state index contributed by atoms with van der Waals surface area (Å²) < 4.78 is 0. The van der Waals surface area contributed by atoms with Gasteiger partial charge in [0.1, 0.15) is 18.0 Å². The summed E-state index contributed by atoms with van der Waals surface area (Å²) in [7, 11) is 0. The Kier molecular flexibility index (Phi) is 3.85. The molecule has 3 rings (SSSR count). The fraction of sp³-hybridized carbons (Fsp3) is 0.733. The highest BCUT2D eigenvalue weighted by Gasteiger charge is 2.18. The molecule has 2 saturated heterocycles. The maximum absolute atomic E-state index is 4.49. The number of nitrogens with zero attached hydrogens (tertiary/aromatic N) is 4. The van der Waals surface area contributed by atoms with Crippen LogP contribution in [0, 0.1) is 5.92 Å². The minimum atomic E-state index is 0.852. The zero-order valence-corrected chi connectivity index (χ0v) is 11.9. The molecular formula is C15H24N4. The number of hydrogen-bond acceptors (Lipinski definition) is 4. The van der Waals surface area contributed by atoms with Crippen molar-refractivity contribution < 1.29 is 0 Å². The molecule has 1 atom stereocenters. The third-order valence-corrected chi connectivity index (χ3v) is 4.41. The van der Waals surface area contributed by atoms with Crippen molar-refractivity contribution in [2.75, 3.05) is 36.0 Å². The van der Waals surface area contributed by atoms with E-state index in [1.54, 1.807) is 6.33 Å². The fourth-order valence-corrected chi connectivity index (χ4v) is 3.12. The summed E-state index contributed by atoms with van der Waals surface area (Å²) in [5, 5.41) is 0. The van der Waals surface area contributed by atoms with Gasteiger partial charge in [0, 0.05) is 32.2 Å². The Morgan fingerprint density at radius 3 is 2.26 bits per heavy atom. The zero-order valence-electron chi connectivity index (χ0n) is 11.9. The van der Waals surface area contributed by atoms with E-state index in [0.717, 1.165) is 43.7 Å². The Morgan fingerprint density at radius 2 is 1.53 bits per heavy atom. The van der Waals surface area contributed by atoms with Crippen LogP contribution >= 0.6 is 0 Å². The summed E-state index contributed by atoms with van der Waals surface area (Å²) in [6.07, 6.45) is 8.23. The molecule has 0 radical (unpaired) electrons. The van der Waals surface area contributed by atoms with E-state index < -0.39 is 0 Å². The standard InChI is InChI=1S/C15H24N4/c1-13-5-4-9-19(10-6-13)15-11-14(16-12-17-15)18-7-2-3-8-18/h11-13H,2-10H2,1H3. The summed E-state index contributed by atoms with van der Waals surface area (Å²) in [4.78, 5) is 13.7. The van der Waals surface area contributed by atoms with E-state index in [1.165, 1.54) is 32.1 Å². The second-order valence-corrected chi connectivity index (χ2v) is 5.95. The van der Waals surface area contributed by atoms with Crippen molar-refractivity contribution >= 4 is 11.6 Å². The van der Waals surface area contributed by atoms with Gasteiger partial charge in [0.15, 0.2) is 0 Å². The van der Waals surface area contributed by atoms with Crippen molar-refractivity contribution in [1.82, 2.24) is 9.97 Å². The Labute approximate surface area is 115 Å². The van der Waals surface area contributed by atoms with Gasteiger partial charge in [0.25, 0.3) is 0 Å². The van der Waals surface area contributed by atoms with Gasteiger partial charge in [-0.15, -0.1) is 0 Å². The van der Waals surface area contributed by atoms with Crippen molar-refractivity contribution in [3.05, 3.63) is 12.4 Å². The van der Waals surface area contributed by atoms with Crippen LogP contribution in [0.5, 0.6) is 0 Å². The van der Waals surface area contributed by atoms with E-state index in [-0.39, 0.29) is 0 Å². The van der Waals surface area contributed by atoms with Crippen LogP contribution in [-0.2, 0) is 0 Å². The molecular weight excluding hydrogens is 236 g/mol. The molecule has 0 bridgehead atoms. The van der Waals surface area contributed by atoms with Crippen LogP contribution in [-0.4, -0.2) is 36.1 Å². The largest absolute Gasteiger partial charge is 0.356 e. The predicted octanol–water partition coefficient (Wildman–Crippen LogP) is 2.70. The van der Waals surface area contributed by atoms with Crippen LogP contribution < -0.4 is 9.80 Å². The van der Waals surface area contributed by atoms with Gasteiger partial charge >= 0.3 is 0 Å². The quantitative estimate of drug-likeness (QED) is 0.818. The first kappa shape index (κ1) is 12.7. The predicted molar refractivity (Wildman–Crippen MR) is 78.7 cm³/mol. The second-order valence-electron chi connectivity index (χ2n) is 5.95. The third-order valence-electron chi connectivity index (χ3n) is 4.41. The Morgan fingerprint density at radius 1 is 0.895 bits per heavy atom. The van der Waals surface area contributed by atoms with Gasteiger partial charge in [-0.05, 0) is 38.0 Å². The van der Waals surface area contributed by atoms with Gasteiger partial charge in [0.2, 0.25) is 0 Å². The number of hydrogen-bond donors (Lipinski definition) is 0. The van der Waals surface area contributed by atoms with Crippen molar-refractivity contribution in [3.8, 4) is 0 Å². The van der Waals surface area contributed by atoms with Crippen LogP contribution in [0.25, 0.3) is 0 Å². The molecule has 1 unspecified atom stereocenters. The second kappa shape index (κ2) is 5.76. The highest BCUT2D eigenvalue weighted by Crippen LogP contribution is 2.24. The summed E-state index contributed by atoms with van der Waals surface area (Å²) in [5.41, 5.74) is 0. The van der Waals surface area contributed by atoms with Crippen LogP contribution in [0.2, 0.25) is 0 Å². The van der Waals surface area contributed by atoms with Gasteiger partial charge in [-0.1, -0.05) is 6.92 Å². The highest BCUT2D eigenvalue weighted by atomic mass is 15.2. The molecule has 0 spiro atoms. The van der Waals surface area contributed by atoms with Gasteiger partial charge in [-0.25, -0.2) is 9.97 Å². The van der Waals surface area contributed by atoms with Crippen LogP contribution in [0.3, 0.4) is 0 Å². The number of rotatable bonds is 2. The van der Waals surface area contributed by atoms with Crippen molar-refractivity contribution in [1.29, 1.82) is 0 Å². The molecule has 2 fully saturated rings. The highest BCUT2D eigenvalue weighted by molar-refractivity contribution is 5.50. The molecule has 104 valence electrons. The van der Waals surface area contributed by atoms with Crippen LogP contribution in [0.15, 0.2) is 12.4 Å². The lowest BCUT2D eigenvalue weighted by Gasteiger charge is -2.23.